The van der Waals surface area contributed by atoms with Crippen LogP contribution in [-0.2, 0) is 13.0 Å². The number of halogens is 1. The standard InChI is InChI=1S/C30H24ClN7O3/c1-18-7-8-20(14-19(18)9-10-22-17-33-26-6-3-11-35-38(22)26)28(39)32-12-13-37-29(40)25(36-30(37)41)15-21-16-34-27-23(21)4-2-5-24(27)31/h2-8,11,14,16-17,34,40H,12-13,15H2,1H3,(H,32,39)(H,36,41). The van der Waals surface area contributed by atoms with Crippen LogP contribution in [-0.4, -0.2) is 46.7 Å². The number of aryl methyl sites for hydroxylation is 1. The zero-order valence-corrected chi connectivity index (χ0v) is 22.7. The summed E-state index contributed by atoms with van der Waals surface area (Å²) in [4.78, 5) is 35.6. The van der Waals surface area contributed by atoms with Gasteiger partial charge >= 0.3 is 5.69 Å². The van der Waals surface area contributed by atoms with Gasteiger partial charge in [-0.15, -0.1) is 0 Å². The van der Waals surface area contributed by atoms with E-state index in [4.69, 9.17) is 11.6 Å². The Morgan fingerprint density at radius 3 is 2.93 bits per heavy atom. The van der Waals surface area contributed by atoms with Crippen LogP contribution >= 0.6 is 11.6 Å². The Balaban J connectivity index is 1.13. The van der Waals surface area contributed by atoms with Crippen LogP contribution in [0.5, 0.6) is 5.88 Å². The minimum absolute atomic E-state index is 0.0897. The molecule has 0 saturated heterocycles. The average Bonchev–Trinajstić information content (AvgIpc) is 3.65. The summed E-state index contributed by atoms with van der Waals surface area (Å²) >= 11 is 6.24. The van der Waals surface area contributed by atoms with E-state index >= 15 is 0 Å². The van der Waals surface area contributed by atoms with E-state index in [1.165, 1.54) is 4.57 Å². The molecule has 0 aliphatic carbocycles. The number of hydrogen-bond acceptors (Lipinski definition) is 5. The Bertz CT molecular complexity index is 2060. The van der Waals surface area contributed by atoms with E-state index in [0.29, 0.717) is 39.6 Å². The summed E-state index contributed by atoms with van der Waals surface area (Å²) in [6.07, 6.45) is 5.43. The zero-order chi connectivity index (χ0) is 28.5. The molecule has 10 nitrogen and oxygen atoms in total. The summed E-state index contributed by atoms with van der Waals surface area (Å²) in [6.45, 7) is 2.14. The summed E-state index contributed by atoms with van der Waals surface area (Å²) in [5.41, 5.74) is 4.99. The third-order valence-corrected chi connectivity index (χ3v) is 7.18. The lowest BCUT2D eigenvalue weighted by molar-refractivity contribution is 0.0951. The predicted octanol–water partition coefficient (Wildman–Crippen LogP) is 3.79. The second kappa shape index (κ2) is 10.7. The molecular weight excluding hydrogens is 542 g/mol. The fourth-order valence-corrected chi connectivity index (χ4v) is 4.91. The molecule has 1 amide bonds. The number of amides is 1. The topological polar surface area (TPSA) is 133 Å². The number of H-pyrrole nitrogens is 2. The first-order valence-corrected chi connectivity index (χ1v) is 13.2. The lowest BCUT2D eigenvalue weighted by Crippen LogP contribution is -2.30. The summed E-state index contributed by atoms with van der Waals surface area (Å²) in [6, 6.07) is 14.5. The molecule has 0 atom stereocenters. The van der Waals surface area contributed by atoms with Crippen LogP contribution in [0, 0.1) is 18.8 Å². The first-order valence-electron chi connectivity index (χ1n) is 12.8. The number of fused-ring (bicyclic) bond motifs is 2. The molecule has 0 aliphatic rings. The molecule has 6 aromatic rings. The summed E-state index contributed by atoms with van der Waals surface area (Å²) in [7, 11) is 0. The highest BCUT2D eigenvalue weighted by Gasteiger charge is 2.16. The van der Waals surface area contributed by atoms with E-state index in [2.05, 4.69) is 37.2 Å². The number of carbonyl (C=O) groups excluding carboxylic acids is 1. The molecule has 4 aromatic heterocycles. The number of imidazole rings is 2. The molecule has 41 heavy (non-hydrogen) atoms. The molecule has 0 saturated carbocycles. The third kappa shape index (κ3) is 5.06. The van der Waals surface area contributed by atoms with Crippen LogP contribution in [0.1, 0.15) is 38.4 Å². The fraction of sp³-hybridized carbons (Fsp3) is 0.133. The number of hydrogen-bond donors (Lipinski definition) is 4. The van der Waals surface area contributed by atoms with Crippen LogP contribution in [0.3, 0.4) is 0 Å². The molecular formula is C30H24ClN7O3. The van der Waals surface area contributed by atoms with Gasteiger partial charge in [0.2, 0.25) is 5.88 Å². The van der Waals surface area contributed by atoms with Gasteiger partial charge in [-0.1, -0.05) is 35.7 Å². The van der Waals surface area contributed by atoms with Gasteiger partial charge in [0.15, 0.2) is 5.65 Å². The van der Waals surface area contributed by atoms with Gasteiger partial charge in [-0.05, 0) is 54.3 Å². The number of aromatic nitrogens is 6. The van der Waals surface area contributed by atoms with Crippen molar-refractivity contribution < 1.29 is 9.90 Å². The molecule has 6 rings (SSSR count). The van der Waals surface area contributed by atoms with Crippen LogP contribution < -0.4 is 11.0 Å². The molecule has 2 aromatic carbocycles. The highest BCUT2D eigenvalue weighted by atomic mass is 35.5. The molecule has 4 heterocycles. The summed E-state index contributed by atoms with van der Waals surface area (Å²) in [5.74, 6) is 5.70. The van der Waals surface area contributed by atoms with E-state index in [9.17, 15) is 14.7 Å². The summed E-state index contributed by atoms with van der Waals surface area (Å²) < 4.78 is 2.85. The number of rotatable bonds is 6. The Labute approximate surface area is 238 Å². The van der Waals surface area contributed by atoms with Crippen molar-refractivity contribution in [2.45, 2.75) is 19.9 Å². The van der Waals surface area contributed by atoms with Gasteiger partial charge < -0.3 is 20.4 Å². The van der Waals surface area contributed by atoms with Crippen molar-refractivity contribution >= 4 is 34.1 Å². The molecule has 0 aliphatic heterocycles. The molecule has 0 fully saturated rings. The van der Waals surface area contributed by atoms with Crippen LogP contribution in [0.4, 0.5) is 0 Å². The van der Waals surface area contributed by atoms with Crippen molar-refractivity contribution in [2.24, 2.45) is 0 Å². The van der Waals surface area contributed by atoms with E-state index < -0.39 is 5.69 Å². The maximum atomic E-state index is 12.9. The minimum Gasteiger partial charge on any atom is -0.493 e. The van der Waals surface area contributed by atoms with E-state index in [0.717, 1.165) is 22.0 Å². The molecule has 0 radical (unpaired) electrons. The molecule has 11 heteroatoms. The maximum absolute atomic E-state index is 12.9. The van der Waals surface area contributed by atoms with Crippen LogP contribution in [0.2, 0.25) is 5.02 Å². The Morgan fingerprint density at radius 2 is 2.05 bits per heavy atom. The van der Waals surface area contributed by atoms with Crippen molar-refractivity contribution in [2.75, 3.05) is 6.54 Å². The van der Waals surface area contributed by atoms with Gasteiger partial charge in [-0.2, -0.15) is 5.10 Å². The Hall–Kier alpha value is -5.27. The van der Waals surface area contributed by atoms with Crippen LogP contribution in [0.15, 0.2) is 71.9 Å². The molecule has 204 valence electrons. The van der Waals surface area contributed by atoms with Crippen molar-refractivity contribution in [1.29, 1.82) is 0 Å². The van der Waals surface area contributed by atoms with Gasteiger partial charge in [0.05, 0.1) is 22.4 Å². The van der Waals surface area contributed by atoms with Crippen molar-refractivity contribution in [3.05, 3.63) is 116 Å². The lowest BCUT2D eigenvalue weighted by atomic mass is 10.0. The first-order chi connectivity index (χ1) is 19.9. The van der Waals surface area contributed by atoms with Crippen molar-refractivity contribution in [3.8, 4) is 17.7 Å². The van der Waals surface area contributed by atoms with Gasteiger partial charge in [-0.25, -0.2) is 14.3 Å². The third-order valence-electron chi connectivity index (χ3n) is 6.87. The largest absolute Gasteiger partial charge is 0.493 e. The minimum atomic E-state index is -0.459. The molecule has 0 unspecified atom stereocenters. The second-order valence-corrected chi connectivity index (χ2v) is 9.92. The monoisotopic (exact) mass is 565 g/mol. The van der Waals surface area contributed by atoms with Crippen LogP contribution in [0.25, 0.3) is 16.6 Å². The summed E-state index contributed by atoms with van der Waals surface area (Å²) in [5, 5.41) is 19.3. The smallest absolute Gasteiger partial charge is 0.328 e. The lowest BCUT2D eigenvalue weighted by Gasteiger charge is -2.08. The number of aromatic hydroxyl groups is 1. The molecule has 4 N–H and O–H groups in total. The Morgan fingerprint density at radius 1 is 1.17 bits per heavy atom. The first kappa shape index (κ1) is 26.0. The number of para-hydroxylation sites is 1. The number of aromatic amines is 2. The van der Waals surface area contributed by atoms with Crippen molar-refractivity contribution in [3.63, 3.8) is 0 Å². The number of benzene rings is 2. The highest BCUT2D eigenvalue weighted by molar-refractivity contribution is 6.35. The quantitative estimate of drug-likeness (QED) is 0.228. The van der Waals surface area contributed by atoms with Gasteiger partial charge in [0.1, 0.15) is 5.69 Å². The zero-order valence-electron chi connectivity index (χ0n) is 21.9. The Kier molecular flexibility index (Phi) is 6.79. The highest BCUT2D eigenvalue weighted by Crippen LogP contribution is 2.28. The van der Waals surface area contributed by atoms with E-state index in [1.807, 2.05) is 31.2 Å². The number of carbonyl (C=O) groups is 1. The van der Waals surface area contributed by atoms with Gasteiger partial charge in [0.25, 0.3) is 5.91 Å². The number of nitrogens with one attached hydrogen (secondary N) is 3. The van der Waals surface area contributed by atoms with E-state index in [-0.39, 0.29) is 24.9 Å². The van der Waals surface area contributed by atoms with E-state index in [1.54, 1.807) is 47.4 Å². The van der Waals surface area contributed by atoms with Crippen molar-refractivity contribution in [1.82, 2.24) is 34.4 Å². The van der Waals surface area contributed by atoms with Gasteiger partial charge in [-0.3, -0.25) is 9.36 Å². The normalized spacial score (nSPS) is 11.1. The molecule has 0 bridgehead atoms. The van der Waals surface area contributed by atoms with Gasteiger partial charge in [0, 0.05) is 48.4 Å². The second-order valence-electron chi connectivity index (χ2n) is 9.51. The maximum Gasteiger partial charge on any atom is 0.328 e. The average molecular weight is 566 g/mol. The number of nitrogens with zero attached hydrogens (tertiary/aromatic N) is 4. The fourth-order valence-electron chi connectivity index (χ4n) is 4.68. The SMILES string of the molecule is Cc1ccc(C(=O)NCCn2c(O)c(Cc3c[nH]c4c(Cl)cccc34)[nH]c2=O)cc1C#Cc1cnc2cccnn12. The molecule has 0 spiro atoms. The predicted molar refractivity (Wildman–Crippen MR) is 155 cm³/mol.